The van der Waals surface area contributed by atoms with Crippen LogP contribution in [0.25, 0.3) is 0 Å². The van der Waals surface area contributed by atoms with E-state index >= 15 is 0 Å². The van der Waals surface area contributed by atoms with Gasteiger partial charge in [-0.2, -0.15) is 0 Å². The van der Waals surface area contributed by atoms with Crippen LogP contribution < -0.4 is 5.32 Å². The van der Waals surface area contributed by atoms with Crippen molar-refractivity contribution in [2.24, 2.45) is 0 Å². The maximum Gasteiger partial charge on any atom is 0.0743 e. The average molecular weight is 214 g/mol. The first kappa shape index (κ1) is 12.9. The molecule has 1 rings (SSSR count). The van der Waals surface area contributed by atoms with Crippen molar-refractivity contribution >= 4 is 0 Å². The van der Waals surface area contributed by atoms with Crippen molar-refractivity contribution in [3.05, 3.63) is 0 Å². The summed E-state index contributed by atoms with van der Waals surface area (Å²) < 4.78 is 0. The molecule has 3 nitrogen and oxygen atoms in total. The third-order valence-corrected chi connectivity index (χ3v) is 3.54. The third kappa shape index (κ3) is 4.09. The van der Waals surface area contributed by atoms with Gasteiger partial charge in [-0.15, -0.1) is 0 Å². The standard InChI is InChI=1S/C12H26N2O/c1-4-12(3,15)10-14(5-2)11-6-8-13-9-7-11/h11,13,15H,4-10H2,1-3H3. The van der Waals surface area contributed by atoms with Crippen molar-refractivity contribution in [1.82, 2.24) is 10.2 Å². The second-order valence-corrected chi connectivity index (χ2v) is 4.89. The maximum atomic E-state index is 10.1. The smallest absolute Gasteiger partial charge is 0.0743 e. The van der Waals surface area contributed by atoms with Gasteiger partial charge in [-0.05, 0) is 45.8 Å². The molecule has 0 aliphatic carbocycles. The van der Waals surface area contributed by atoms with Gasteiger partial charge >= 0.3 is 0 Å². The van der Waals surface area contributed by atoms with Gasteiger partial charge in [-0.25, -0.2) is 0 Å². The summed E-state index contributed by atoms with van der Waals surface area (Å²) in [4.78, 5) is 2.43. The number of rotatable bonds is 5. The van der Waals surface area contributed by atoms with E-state index < -0.39 is 5.60 Å². The molecule has 0 bridgehead atoms. The molecule has 0 aromatic rings. The summed E-state index contributed by atoms with van der Waals surface area (Å²) in [7, 11) is 0. The molecule has 15 heavy (non-hydrogen) atoms. The lowest BCUT2D eigenvalue weighted by molar-refractivity contribution is 0.000233. The molecule has 1 fully saturated rings. The molecule has 1 saturated heterocycles. The number of hydrogen-bond acceptors (Lipinski definition) is 3. The van der Waals surface area contributed by atoms with Crippen LogP contribution in [-0.2, 0) is 0 Å². The quantitative estimate of drug-likeness (QED) is 0.722. The van der Waals surface area contributed by atoms with Crippen LogP contribution in [0.15, 0.2) is 0 Å². The third-order valence-electron chi connectivity index (χ3n) is 3.54. The fraction of sp³-hybridized carbons (Fsp3) is 1.00. The highest BCUT2D eigenvalue weighted by Crippen LogP contribution is 2.17. The van der Waals surface area contributed by atoms with Gasteiger partial charge in [0.1, 0.15) is 0 Å². The van der Waals surface area contributed by atoms with Crippen molar-refractivity contribution in [2.75, 3.05) is 26.2 Å². The number of nitrogens with one attached hydrogen (secondary N) is 1. The first-order chi connectivity index (χ1) is 7.09. The Bertz CT molecular complexity index is 176. The van der Waals surface area contributed by atoms with E-state index in [1.54, 1.807) is 0 Å². The molecule has 0 radical (unpaired) electrons. The monoisotopic (exact) mass is 214 g/mol. The van der Waals surface area contributed by atoms with Gasteiger partial charge in [-0.1, -0.05) is 13.8 Å². The van der Waals surface area contributed by atoms with E-state index in [1.807, 2.05) is 6.92 Å². The highest BCUT2D eigenvalue weighted by atomic mass is 16.3. The summed E-state index contributed by atoms with van der Waals surface area (Å²) in [5, 5.41) is 13.5. The lowest BCUT2D eigenvalue weighted by Gasteiger charge is -2.38. The Morgan fingerprint density at radius 1 is 1.33 bits per heavy atom. The highest BCUT2D eigenvalue weighted by molar-refractivity contribution is 4.82. The first-order valence-corrected chi connectivity index (χ1v) is 6.26. The lowest BCUT2D eigenvalue weighted by Crippen LogP contribution is -2.49. The molecule has 1 unspecified atom stereocenters. The predicted molar refractivity (Wildman–Crippen MR) is 64.1 cm³/mol. The Kier molecular flexibility index (Phi) is 5.03. The van der Waals surface area contributed by atoms with E-state index in [1.165, 1.54) is 12.8 Å². The minimum Gasteiger partial charge on any atom is -0.389 e. The zero-order valence-electron chi connectivity index (χ0n) is 10.4. The van der Waals surface area contributed by atoms with Gasteiger partial charge in [0, 0.05) is 12.6 Å². The Labute approximate surface area is 93.9 Å². The average Bonchev–Trinajstić information content (AvgIpc) is 2.27. The summed E-state index contributed by atoms with van der Waals surface area (Å²) in [5.41, 5.74) is -0.527. The van der Waals surface area contributed by atoms with Crippen LogP contribution in [0, 0.1) is 0 Å². The molecule has 0 aromatic heterocycles. The van der Waals surface area contributed by atoms with Gasteiger partial charge in [0.15, 0.2) is 0 Å². The zero-order valence-corrected chi connectivity index (χ0v) is 10.4. The number of aliphatic hydroxyl groups is 1. The first-order valence-electron chi connectivity index (χ1n) is 6.26. The maximum absolute atomic E-state index is 10.1. The second-order valence-electron chi connectivity index (χ2n) is 4.89. The molecule has 1 atom stereocenters. The summed E-state index contributed by atoms with van der Waals surface area (Å²) in [6.07, 6.45) is 3.26. The molecule has 1 aliphatic heterocycles. The second kappa shape index (κ2) is 5.83. The molecular formula is C12H26N2O. The van der Waals surface area contributed by atoms with E-state index in [2.05, 4.69) is 24.1 Å². The van der Waals surface area contributed by atoms with Crippen molar-refractivity contribution in [1.29, 1.82) is 0 Å². The molecular weight excluding hydrogens is 188 g/mol. The molecule has 3 heteroatoms. The lowest BCUT2D eigenvalue weighted by atomic mass is 9.99. The number of nitrogens with zero attached hydrogens (tertiary/aromatic N) is 1. The normalized spacial score (nSPS) is 23.0. The van der Waals surface area contributed by atoms with Crippen LogP contribution in [0.3, 0.4) is 0 Å². The fourth-order valence-corrected chi connectivity index (χ4v) is 2.22. The van der Waals surface area contributed by atoms with Crippen molar-refractivity contribution < 1.29 is 5.11 Å². The van der Waals surface area contributed by atoms with Crippen molar-refractivity contribution in [3.63, 3.8) is 0 Å². The van der Waals surface area contributed by atoms with Crippen LogP contribution >= 0.6 is 0 Å². The van der Waals surface area contributed by atoms with Gasteiger partial charge < -0.3 is 10.4 Å². The molecule has 1 aliphatic rings. The molecule has 1 heterocycles. The SMILES string of the molecule is CCN(CC(C)(O)CC)C1CCNCC1. The zero-order chi connectivity index (χ0) is 11.3. The van der Waals surface area contributed by atoms with Gasteiger partial charge in [-0.3, -0.25) is 4.90 Å². The number of piperidine rings is 1. The predicted octanol–water partition coefficient (Wildman–Crippen LogP) is 1.22. The Morgan fingerprint density at radius 3 is 2.40 bits per heavy atom. The Balaban J connectivity index is 2.46. The highest BCUT2D eigenvalue weighted by Gasteiger charge is 2.26. The van der Waals surface area contributed by atoms with Crippen molar-refractivity contribution in [3.8, 4) is 0 Å². The summed E-state index contributed by atoms with van der Waals surface area (Å²) in [6, 6.07) is 0.661. The number of likely N-dealkylation sites (N-methyl/N-ethyl adjacent to an activating group) is 1. The Morgan fingerprint density at radius 2 is 1.93 bits per heavy atom. The molecule has 90 valence electrons. The van der Waals surface area contributed by atoms with Gasteiger partial charge in [0.05, 0.1) is 5.60 Å². The van der Waals surface area contributed by atoms with Crippen LogP contribution in [0.4, 0.5) is 0 Å². The largest absolute Gasteiger partial charge is 0.389 e. The molecule has 0 amide bonds. The van der Waals surface area contributed by atoms with Crippen LogP contribution in [0.2, 0.25) is 0 Å². The van der Waals surface area contributed by atoms with E-state index in [-0.39, 0.29) is 0 Å². The van der Waals surface area contributed by atoms with E-state index in [0.29, 0.717) is 6.04 Å². The van der Waals surface area contributed by atoms with Gasteiger partial charge in [0.2, 0.25) is 0 Å². The topological polar surface area (TPSA) is 35.5 Å². The molecule has 0 saturated carbocycles. The van der Waals surface area contributed by atoms with Crippen LogP contribution in [0.5, 0.6) is 0 Å². The van der Waals surface area contributed by atoms with Crippen LogP contribution in [-0.4, -0.2) is 47.8 Å². The molecule has 2 N–H and O–H groups in total. The summed E-state index contributed by atoms with van der Waals surface area (Å²) >= 11 is 0. The molecule has 0 spiro atoms. The summed E-state index contributed by atoms with van der Waals surface area (Å²) in [6.45, 7) is 10.3. The Hall–Kier alpha value is -0.120. The summed E-state index contributed by atoms with van der Waals surface area (Å²) in [5.74, 6) is 0. The van der Waals surface area contributed by atoms with Gasteiger partial charge in [0.25, 0.3) is 0 Å². The molecule has 0 aromatic carbocycles. The van der Waals surface area contributed by atoms with E-state index in [4.69, 9.17) is 0 Å². The fourth-order valence-electron chi connectivity index (χ4n) is 2.22. The van der Waals surface area contributed by atoms with E-state index in [9.17, 15) is 5.11 Å². The number of hydrogen-bond donors (Lipinski definition) is 2. The van der Waals surface area contributed by atoms with Crippen molar-refractivity contribution in [2.45, 2.75) is 51.7 Å². The van der Waals surface area contributed by atoms with Crippen LogP contribution in [0.1, 0.15) is 40.0 Å². The minimum absolute atomic E-state index is 0.527. The minimum atomic E-state index is -0.527. The van der Waals surface area contributed by atoms with E-state index in [0.717, 1.165) is 32.6 Å².